The Morgan fingerprint density at radius 3 is 2.72 bits per heavy atom. The smallest absolute Gasteiger partial charge is 0.281 e. The zero-order valence-corrected chi connectivity index (χ0v) is 18.5. The standard InChI is InChI=1S/C19H31N5O4S/c1-5-13(2)19(26)23-9-6-7-14(11-23)17-20-16-8-10-24(29(27,28)22(3)4)12-15(16)18(25)21-17/h13-14H,5-12H2,1-4H3,(H,20,21,25). The van der Waals surface area contributed by atoms with Gasteiger partial charge < -0.3 is 9.88 Å². The number of H-pyrrole nitrogens is 1. The van der Waals surface area contributed by atoms with Crippen molar-refractivity contribution in [3.05, 3.63) is 27.4 Å². The van der Waals surface area contributed by atoms with E-state index in [9.17, 15) is 18.0 Å². The highest BCUT2D eigenvalue weighted by Crippen LogP contribution is 2.27. The quantitative estimate of drug-likeness (QED) is 0.747. The van der Waals surface area contributed by atoms with Crippen LogP contribution in [0, 0.1) is 5.92 Å². The third-order valence-corrected chi connectivity index (χ3v) is 7.88. The lowest BCUT2D eigenvalue weighted by Crippen LogP contribution is -2.45. The van der Waals surface area contributed by atoms with Gasteiger partial charge in [0.15, 0.2) is 0 Å². The highest BCUT2D eigenvalue weighted by molar-refractivity contribution is 7.86. The molecule has 10 heteroatoms. The Morgan fingerprint density at radius 2 is 2.07 bits per heavy atom. The van der Waals surface area contributed by atoms with Crippen molar-refractivity contribution in [3.63, 3.8) is 0 Å². The van der Waals surface area contributed by atoms with Crippen molar-refractivity contribution in [2.45, 2.75) is 52.0 Å². The molecule has 2 unspecified atom stereocenters. The number of nitrogens with one attached hydrogen (secondary N) is 1. The van der Waals surface area contributed by atoms with Crippen LogP contribution in [0.2, 0.25) is 0 Å². The minimum absolute atomic E-state index is 0.00158. The number of aromatic nitrogens is 2. The Labute approximate surface area is 172 Å². The molecular formula is C19H31N5O4S. The number of hydrogen-bond acceptors (Lipinski definition) is 5. The number of likely N-dealkylation sites (tertiary alicyclic amines) is 1. The molecule has 1 amide bonds. The number of hydrogen-bond donors (Lipinski definition) is 1. The van der Waals surface area contributed by atoms with Crippen molar-refractivity contribution >= 4 is 16.1 Å². The first-order chi connectivity index (χ1) is 13.6. The van der Waals surface area contributed by atoms with Gasteiger partial charge in [0, 0.05) is 58.5 Å². The lowest BCUT2D eigenvalue weighted by molar-refractivity contribution is -0.136. The highest BCUT2D eigenvalue weighted by Gasteiger charge is 2.33. The molecule has 9 nitrogen and oxygen atoms in total. The molecule has 1 saturated heterocycles. The van der Waals surface area contributed by atoms with Gasteiger partial charge in [0.05, 0.1) is 11.3 Å². The first-order valence-electron chi connectivity index (χ1n) is 10.2. The molecule has 2 aliphatic heterocycles. The van der Waals surface area contributed by atoms with Gasteiger partial charge in [0.2, 0.25) is 5.91 Å². The number of carbonyl (C=O) groups excluding carboxylic acids is 1. The lowest BCUT2D eigenvalue weighted by atomic mass is 9.95. The zero-order valence-electron chi connectivity index (χ0n) is 17.6. The number of amides is 1. The maximum absolute atomic E-state index is 12.7. The summed E-state index contributed by atoms with van der Waals surface area (Å²) in [6, 6.07) is 0. The Bertz CT molecular complexity index is 927. The van der Waals surface area contributed by atoms with Crippen molar-refractivity contribution < 1.29 is 13.2 Å². The van der Waals surface area contributed by atoms with Crippen LogP contribution in [-0.4, -0.2) is 71.5 Å². The third kappa shape index (κ3) is 4.39. The largest absolute Gasteiger partial charge is 0.342 e. The summed E-state index contributed by atoms with van der Waals surface area (Å²) in [5.74, 6) is 0.758. The molecule has 29 heavy (non-hydrogen) atoms. The molecule has 0 spiro atoms. The lowest BCUT2D eigenvalue weighted by Gasteiger charge is -2.34. The molecular weight excluding hydrogens is 394 g/mol. The van der Waals surface area contributed by atoms with E-state index < -0.39 is 10.2 Å². The van der Waals surface area contributed by atoms with E-state index in [1.807, 2.05) is 18.7 Å². The molecule has 162 valence electrons. The summed E-state index contributed by atoms with van der Waals surface area (Å²) in [4.78, 5) is 34.7. The third-order valence-electron chi connectivity index (χ3n) is 5.99. The molecule has 3 heterocycles. The molecule has 2 aliphatic rings. The number of fused-ring (bicyclic) bond motifs is 1. The van der Waals surface area contributed by atoms with E-state index in [0.717, 1.165) is 30.1 Å². The van der Waals surface area contributed by atoms with E-state index in [2.05, 4.69) is 9.97 Å². The van der Waals surface area contributed by atoms with Gasteiger partial charge in [-0.3, -0.25) is 9.59 Å². The van der Waals surface area contributed by atoms with Crippen molar-refractivity contribution in [2.24, 2.45) is 5.92 Å². The van der Waals surface area contributed by atoms with E-state index in [4.69, 9.17) is 0 Å². The van der Waals surface area contributed by atoms with Gasteiger partial charge in [-0.15, -0.1) is 0 Å². The van der Waals surface area contributed by atoms with Crippen LogP contribution in [0.25, 0.3) is 0 Å². The van der Waals surface area contributed by atoms with Gasteiger partial charge in [-0.05, 0) is 19.3 Å². The van der Waals surface area contributed by atoms with Gasteiger partial charge in [-0.25, -0.2) is 4.98 Å². The second-order valence-corrected chi connectivity index (χ2v) is 10.3. The minimum Gasteiger partial charge on any atom is -0.342 e. The fourth-order valence-corrected chi connectivity index (χ4v) is 5.00. The topological polar surface area (TPSA) is 107 Å². The molecule has 0 aliphatic carbocycles. The maximum atomic E-state index is 12.7. The van der Waals surface area contributed by atoms with E-state index in [1.54, 1.807) is 0 Å². The Kier molecular flexibility index (Phi) is 6.45. The van der Waals surface area contributed by atoms with Crippen LogP contribution in [0.15, 0.2) is 4.79 Å². The summed E-state index contributed by atoms with van der Waals surface area (Å²) in [7, 11) is -0.619. The van der Waals surface area contributed by atoms with Crippen LogP contribution in [0.4, 0.5) is 0 Å². The monoisotopic (exact) mass is 425 g/mol. The number of rotatable bonds is 5. The minimum atomic E-state index is -3.58. The fraction of sp³-hybridized carbons (Fsp3) is 0.737. The predicted octanol–water partition coefficient (Wildman–Crippen LogP) is 0.687. The second kappa shape index (κ2) is 8.53. The Morgan fingerprint density at radius 1 is 1.34 bits per heavy atom. The molecule has 0 bridgehead atoms. The first-order valence-corrected chi connectivity index (χ1v) is 11.6. The molecule has 3 rings (SSSR count). The van der Waals surface area contributed by atoms with Gasteiger partial charge in [0.1, 0.15) is 5.82 Å². The summed E-state index contributed by atoms with van der Waals surface area (Å²) >= 11 is 0. The van der Waals surface area contributed by atoms with Gasteiger partial charge >= 0.3 is 0 Å². The van der Waals surface area contributed by atoms with Gasteiger partial charge in [0.25, 0.3) is 15.8 Å². The number of carbonyl (C=O) groups is 1. The molecule has 1 aromatic heterocycles. The molecule has 0 radical (unpaired) electrons. The van der Waals surface area contributed by atoms with Gasteiger partial charge in [-0.1, -0.05) is 13.8 Å². The molecule has 1 aromatic rings. The van der Waals surface area contributed by atoms with Crippen LogP contribution < -0.4 is 5.56 Å². The van der Waals surface area contributed by atoms with Crippen molar-refractivity contribution in [1.82, 2.24) is 23.5 Å². The number of nitrogens with zero attached hydrogens (tertiary/aromatic N) is 4. The Hall–Kier alpha value is -1.78. The van der Waals surface area contributed by atoms with Crippen LogP contribution in [0.5, 0.6) is 0 Å². The fourth-order valence-electron chi connectivity index (χ4n) is 3.93. The average molecular weight is 426 g/mol. The maximum Gasteiger partial charge on any atom is 0.281 e. The van der Waals surface area contributed by atoms with Crippen LogP contribution in [0.1, 0.15) is 56.1 Å². The molecule has 0 aromatic carbocycles. The molecule has 1 fully saturated rings. The molecule has 1 N–H and O–H groups in total. The van der Waals surface area contributed by atoms with Crippen LogP contribution in [0.3, 0.4) is 0 Å². The number of piperidine rings is 1. The number of aromatic amines is 1. The summed E-state index contributed by atoms with van der Waals surface area (Å²) in [6.45, 7) is 5.58. The second-order valence-electron chi connectivity index (χ2n) is 8.18. The summed E-state index contributed by atoms with van der Waals surface area (Å²) in [6.07, 6.45) is 2.96. The van der Waals surface area contributed by atoms with Crippen molar-refractivity contribution in [2.75, 3.05) is 33.7 Å². The van der Waals surface area contributed by atoms with E-state index in [1.165, 1.54) is 18.4 Å². The van der Waals surface area contributed by atoms with Crippen molar-refractivity contribution in [1.29, 1.82) is 0 Å². The first kappa shape index (κ1) is 21.9. The van der Waals surface area contributed by atoms with Crippen LogP contribution in [-0.2, 0) is 28.0 Å². The molecule has 2 atom stereocenters. The SMILES string of the molecule is CCC(C)C(=O)N1CCCC(c2nc3c(c(=O)[nH]2)CN(S(=O)(=O)N(C)C)CC3)C1. The summed E-state index contributed by atoms with van der Waals surface area (Å²) in [5.41, 5.74) is 0.794. The summed E-state index contributed by atoms with van der Waals surface area (Å²) in [5, 5.41) is 0. The van der Waals surface area contributed by atoms with Gasteiger partial charge in [-0.2, -0.15) is 17.0 Å². The van der Waals surface area contributed by atoms with Crippen molar-refractivity contribution in [3.8, 4) is 0 Å². The zero-order chi connectivity index (χ0) is 21.3. The Balaban J connectivity index is 1.81. The summed E-state index contributed by atoms with van der Waals surface area (Å²) < 4.78 is 27.2. The van der Waals surface area contributed by atoms with E-state index in [-0.39, 0.29) is 29.8 Å². The van der Waals surface area contributed by atoms with E-state index >= 15 is 0 Å². The molecule has 0 saturated carbocycles. The predicted molar refractivity (Wildman–Crippen MR) is 110 cm³/mol. The highest BCUT2D eigenvalue weighted by atomic mass is 32.2. The normalized spacial score (nSPS) is 21.8. The average Bonchev–Trinajstić information content (AvgIpc) is 2.72. The van der Waals surface area contributed by atoms with E-state index in [0.29, 0.717) is 36.6 Å². The van der Waals surface area contributed by atoms with Crippen LogP contribution >= 0.6 is 0 Å².